The van der Waals surface area contributed by atoms with Gasteiger partial charge in [-0.3, -0.25) is 4.90 Å². The van der Waals surface area contributed by atoms with Gasteiger partial charge in [-0.2, -0.15) is 0 Å². The normalized spacial score (nSPS) is 35.4. The summed E-state index contributed by atoms with van der Waals surface area (Å²) in [6.45, 7) is 3.36. The molecule has 0 aromatic carbocycles. The molecule has 1 saturated carbocycles. The zero-order valence-corrected chi connectivity index (χ0v) is 10.4. The number of nitrogens with zero attached hydrogens (tertiary/aromatic N) is 1. The van der Waals surface area contributed by atoms with Crippen LogP contribution in [0.1, 0.15) is 45.4 Å². The van der Waals surface area contributed by atoms with Crippen LogP contribution in [0.2, 0.25) is 0 Å². The molecule has 0 bridgehead atoms. The molecule has 94 valence electrons. The van der Waals surface area contributed by atoms with Crippen LogP contribution in [-0.2, 0) is 0 Å². The minimum atomic E-state index is 0.0747. The summed E-state index contributed by atoms with van der Waals surface area (Å²) in [6.07, 6.45) is 8.13. The lowest BCUT2D eigenvalue weighted by Gasteiger charge is -2.48. The third-order valence-corrected chi connectivity index (χ3v) is 4.51. The Morgan fingerprint density at radius 2 is 1.94 bits per heavy atom. The molecule has 1 heterocycles. The molecule has 2 aliphatic rings. The molecule has 2 fully saturated rings. The fourth-order valence-corrected chi connectivity index (χ4v) is 3.65. The minimum absolute atomic E-state index is 0.0747. The smallest absolute Gasteiger partial charge is 0.0601 e. The first kappa shape index (κ1) is 12.3. The summed E-state index contributed by atoms with van der Waals surface area (Å²) in [5.41, 5.74) is 6.00. The predicted octanol–water partition coefficient (Wildman–Crippen LogP) is 1.35. The van der Waals surface area contributed by atoms with Crippen LogP contribution in [-0.4, -0.2) is 41.3 Å². The molecule has 1 saturated heterocycles. The molecule has 3 heteroatoms. The van der Waals surface area contributed by atoms with E-state index in [-0.39, 0.29) is 18.7 Å². The van der Waals surface area contributed by atoms with E-state index in [4.69, 9.17) is 5.73 Å². The highest BCUT2D eigenvalue weighted by atomic mass is 16.3. The molecule has 16 heavy (non-hydrogen) atoms. The van der Waals surface area contributed by atoms with Gasteiger partial charge in [-0.15, -0.1) is 0 Å². The second-order valence-electron chi connectivity index (χ2n) is 5.60. The number of aliphatic hydroxyl groups is 1. The van der Waals surface area contributed by atoms with E-state index in [1.165, 1.54) is 38.5 Å². The van der Waals surface area contributed by atoms with Crippen molar-refractivity contribution in [1.82, 2.24) is 4.90 Å². The molecule has 4 atom stereocenters. The van der Waals surface area contributed by atoms with Crippen molar-refractivity contribution in [3.05, 3.63) is 0 Å². The number of nitrogens with two attached hydrogens (primary N) is 1. The van der Waals surface area contributed by atoms with Crippen LogP contribution in [0.15, 0.2) is 0 Å². The van der Waals surface area contributed by atoms with E-state index in [0.29, 0.717) is 6.04 Å². The topological polar surface area (TPSA) is 49.5 Å². The molecule has 0 amide bonds. The van der Waals surface area contributed by atoms with Gasteiger partial charge in [-0.25, -0.2) is 0 Å². The number of rotatable bonds is 3. The quantitative estimate of drug-likeness (QED) is 0.764. The first-order chi connectivity index (χ1) is 7.74. The first-order valence-electron chi connectivity index (χ1n) is 6.86. The molecular formula is C13H26N2O. The standard InChI is InChI=1S/C13H26N2O/c1-10(14)13(9-16)15-8-4-6-11-5-2-3-7-12(11)15/h10-13,16H,2-9,14H2,1H3/t10?,11-,12-,13?/m1/s1. The van der Waals surface area contributed by atoms with Gasteiger partial charge in [0.25, 0.3) is 0 Å². The maximum absolute atomic E-state index is 9.52. The second kappa shape index (κ2) is 5.48. The third-order valence-electron chi connectivity index (χ3n) is 4.51. The summed E-state index contributed by atoms with van der Waals surface area (Å²) >= 11 is 0. The van der Waals surface area contributed by atoms with Crippen molar-refractivity contribution in [2.75, 3.05) is 13.2 Å². The van der Waals surface area contributed by atoms with Gasteiger partial charge in [0.05, 0.1) is 6.61 Å². The molecular weight excluding hydrogens is 200 g/mol. The Balaban J connectivity index is 2.06. The lowest BCUT2D eigenvalue weighted by molar-refractivity contribution is -0.00183. The average Bonchev–Trinajstić information content (AvgIpc) is 2.30. The molecule has 0 spiro atoms. The summed E-state index contributed by atoms with van der Waals surface area (Å²) in [6, 6.07) is 0.947. The van der Waals surface area contributed by atoms with Crippen LogP contribution in [0, 0.1) is 5.92 Å². The summed E-state index contributed by atoms with van der Waals surface area (Å²) < 4.78 is 0. The third kappa shape index (κ3) is 2.41. The van der Waals surface area contributed by atoms with E-state index < -0.39 is 0 Å². The van der Waals surface area contributed by atoms with Crippen LogP contribution in [0.25, 0.3) is 0 Å². The van der Waals surface area contributed by atoms with E-state index in [1.807, 2.05) is 6.92 Å². The Labute approximate surface area is 99.0 Å². The summed E-state index contributed by atoms with van der Waals surface area (Å²) in [5, 5.41) is 9.52. The van der Waals surface area contributed by atoms with Crippen molar-refractivity contribution in [1.29, 1.82) is 0 Å². The highest BCUT2D eigenvalue weighted by Crippen LogP contribution is 2.36. The van der Waals surface area contributed by atoms with Crippen molar-refractivity contribution in [2.45, 2.75) is 63.6 Å². The van der Waals surface area contributed by atoms with Crippen LogP contribution < -0.4 is 5.73 Å². The molecule has 3 nitrogen and oxygen atoms in total. The number of hydrogen-bond acceptors (Lipinski definition) is 3. The number of fused-ring (bicyclic) bond motifs is 1. The van der Waals surface area contributed by atoms with E-state index in [2.05, 4.69) is 4.90 Å². The van der Waals surface area contributed by atoms with E-state index >= 15 is 0 Å². The van der Waals surface area contributed by atoms with Crippen molar-refractivity contribution in [3.63, 3.8) is 0 Å². The highest BCUT2D eigenvalue weighted by molar-refractivity contribution is 4.92. The Kier molecular flexibility index (Phi) is 4.22. The van der Waals surface area contributed by atoms with E-state index in [0.717, 1.165) is 12.5 Å². The van der Waals surface area contributed by atoms with Crippen LogP contribution in [0.5, 0.6) is 0 Å². The monoisotopic (exact) mass is 226 g/mol. The van der Waals surface area contributed by atoms with E-state index in [9.17, 15) is 5.11 Å². The van der Waals surface area contributed by atoms with Crippen LogP contribution in [0.4, 0.5) is 0 Å². The van der Waals surface area contributed by atoms with Crippen molar-refractivity contribution >= 4 is 0 Å². The Bertz CT molecular complexity index is 218. The van der Waals surface area contributed by atoms with Crippen LogP contribution >= 0.6 is 0 Å². The molecule has 1 aliphatic heterocycles. The zero-order chi connectivity index (χ0) is 11.5. The van der Waals surface area contributed by atoms with E-state index in [1.54, 1.807) is 0 Å². The van der Waals surface area contributed by atoms with Gasteiger partial charge in [0.15, 0.2) is 0 Å². The summed E-state index contributed by atoms with van der Waals surface area (Å²) in [5.74, 6) is 0.871. The largest absolute Gasteiger partial charge is 0.395 e. The number of aliphatic hydroxyl groups excluding tert-OH is 1. The lowest BCUT2D eigenvalue weighted by atomic mass is 9.77. The summed E-state index contributed by atoms with van der Waals surface area (Å²) in [7, 11) is 0. The van der Waals surface area contributed by atoms with Gasteiger partial charge in [-0.1, -0.05) is 12.8 Å². The Morgan fingerprint density at radius 1 is 1.25 bits per heavy atom. The fraction of sp³-hybridized carbons (Fsp3) is 1.00. The van der Waals surface area contributed by atoms with Gasteiger partial charge in [0, 0.05) is 18.1 Å². The molecule has 3 N–H and O–H groups in total. The SMILES string of the molecule is CC(N)C(CO)N1CCC[C@H]2CCCC[C@H]21. The van der Waals surface area contributed by atoms with Gasteiger partial charge >= 0.3 is 0 Å². The second-order valence-corrected chi connectivity index (χ2v) is 5.60. The van der Waals surface area contributed by atoms with Gasteiger partial charge in [-0.05, 0) is 45.1 Å². The van der Waals surface area contributed by atoms with Gasteiger partial charge < -0.3 is 10.8 Å². The maximum atomic E-state index is 9.52. The number of hydrogen-bond donors (Lipinski definition) is 2. The average molecular weight is 226 g/mol. The fourth-order valence-electron chi connectivity index (χ4n) is 3.65. The Hall–Kier alpha value is -0.120. The van der Waals surface area contributed by atoms with Crippen LogP contribution in [0.3, 0.4) is 0 Å². The van der Waals surface area contributed by atoms with Gasteiger partial charge in [0.1, 0.15) is 0 Å². The molecule has 0 aromatic rings. The molecule has 0 aromatic heterocycles. The molecule has 0 radical (unpaired) electrons. The zero-order valence-electron chi connectivity index (χ0n) is 10.4. The Morgan fingerprint density at radius 3 is 2.62 bits per heavy atom. The van der Waals surface area contributed by atoms with Crippen molar-refractivity contribution in [2.24, 2.45) is 11.7 Å². The molecule has 1 aliphatic carbocycles. The predicted molar refractivity (Wildman–Crippen MR) is 66.2 cm³/mol. The number of piperidine rings is 1. The first-order valence-corrected chi connectivity index (χ1v) is 6.86. The number of likely N-dealkylation sites (tertiary alicyclic amines) is 1. The minimum Gasteiger partial charge on any atom is -0.395 e. The highest BCUT2D eigenvalue weighted by Gasteiger charge is 2.37. The molecule has 2 rings (SSSR count). The molecule has 2 unspecified atom stereocenters. The lowest BCUT2D eigenvalue weighted by Crippen LogP contribution is -2.57. The van der Waals surface area contributed by atoms with Crippen molar-refractivity contribution < 1.29 is 5.11 Å². The maximum Gasteiger partial charge on any atom is 0.0601 e. The van der Waals surface area contributed by atoms with Gasteiger partial charge in [0.2, 0.25) is 0 Å². The van der Waals surface area contributed by atoms with Crippen molar-refractivity contribution in [3.8, 4) is 0 Å². The summed E-state index contributed by atoms with van der Waals surface area (Å²) in [4.78, 5) is 2.51.